The Balaban J connectivity index is 2.86. The number of benzene rings is 1. The number of carbonyl (C=O) groups is 1. The lowest BCUT2D eigenvalue weighted by atomic mass is 9.81. The molecule has 1 atom stereocenters. The number of halogens is 4. The number of alkyl halides is 3. The average molecular weight is 315 g/mol. The predicted molar refractivity (Wildman–Crippen MR) is 71.2 cm³/mol. The molecule has 0 bridgehead atoms. The average Bonchev–Trinajstić information content (AvgIpc) is 2.52. The lowest BCUT2D eigenvalue weighted by Gasteiger charge is -2.38. The minimum absolute atomic E-state index is 0.197. The van der Waals surface area contributed by atoms with Crippen molar-refractivity contribution >= 4 is 11.6 Å². The molecule has 0 N–H and O–H groups in total. The van der Waals surface area contributed by atoms with Gasteiger partial charge in [-0.25, -0.2) is 9.29 Å². The number of hydrogen-bond acceptors (Lipinski definition) is 2. The first-order valence-corrected chi connectivity index (χ1v) is 6.45. The molecule has 3 nitrogen and oxygen atoms in total. The fourth-order valence-electron chi connectivity index (χ4n) is 2.63. The molecule has 7 heteroatoms. The minimum Gasteiger partial charge on any atom is -0.351 e. The smallest absolute Gasteiger partial charge is 0.351 e. The van der Waals surface area contributed by atoms with Crippen LogP contribution in [0.5, 0.6) is 0 Å². The van der Waals surface area contributed by atoms with Crippen molar-refractivity contribution < 1.29 is 27.1 Å². The van der Waals surface area contributed by atoms with Crippen molar-refractivity contribution in [1.82, 2.24) is 0 Å². The molecule has 2 rings (SSSR count). The third kappa shape index (κ3) is 2.24. The van der Waals surface area contributed by atoms with E-state index in [2.05, 4.69) is 0 Å². The van der Waals surface area contributed by atoms with Gasteiger partial charge in [0.25, 0.3) is 5.91 Å². The van der Waals surface area contributed by atoms with Gasteiger partial charge in [-0.3, -0.25) is 4.79 Å². The van der Waals surface area contributed by atoms with Crippen molar-refractivity contribution in [2.24, 2.45) is 5.92 Å². The van der Waals surface area contributed by atoms with Crippen molar-refractivity contribution in [3.63, 3.8) is 0 Å². The fourth-order valence-corrected chi connectivity index (χ4v) is 2.63. The van der Waals surface area contributed by atoms with E-state index in [1.54, 1.807) is 0 Å². The number of anilines is 1. The zero-order valence-electron chi connectivity index (χ0n) is 11.9. The zero-order chi connectivity index (χ0) is 16.7. The monoisotopic (exact) mass is 315 g/mol. The summed E-state index contributed by atoms with van der Waals surface area (Å²) in [6.45, 7) is 1.73. The van der Waals surface area contributed by atoms with Gasteiger partial charge in [0.05, 0.1) is 5.69 Å². The van der Waals surface area contributed by atoms with Gasteiger partial charge in [-0.1, -0.05) is 20.3 Å². The zero-order valence-corrected chi connectivity index (χ0v) is 11.9. The molecule has 1 unspecified atom stereocenters. The Hall–Kier alpha value is -2.07. The first-order valence-electron chi connectivity index (χ1n) is 6.45. The van der Waals surface area contributed by atoms with E-state index in [4.69, 9.17) is 11.2 Å². The molecule has 0 spiro atoms. The van der Waals surface area contributed by atoms with E-state index in [1.165, 1.54) is 13.8 Å². The number of hydrogen-bond donors (Lipinski definition) is 0. The highest BCUT2D eigenvalue weighted by molar-refractivity contribution is 5.98. The second kappa shape index (κ2) is 5.29. The third-order valence-corrected chi connectivity index (χ3v) is 3.64. The lowest BCUT2D eigenvalue weighted by Crippen LogP contribution is -2.49. The lowest BCUT2D eigenvalue weighted by molar-refractivity contribution is -0.298. The van der Waals surface area contributed by atoms with E-state index >= 15 is 0 Å². The van der Waals surface area contributed by atoms with Crippen LogP contribution in [-0.2, 0) is 15.1 Å². The Morgan fingerprint density at radius 1 is 1.41 bits per heavy atom. The largest absolute Gasteiger partial charge is 0.422 e. The summed E-state index contributed by atoms with van der Waals surface area (Å²) in [4.78, 5) is 12.6. The number of carbonyl (C=O) groups excluding carboxylic acids is 1. The van der Waals surface area contributed by atoms with Crippen molar-refractivity contribution in [3.05, 3.63) is 29.6 Å². The summed E-state index contributed by atoms with van der Waals surface area (Å²) in [6.07, 6.45) is 0.362. The molecule has 1 amide bonds. The summed E-state index contributed by atoms with van der Waals surface area (Å²) in [5, 5.41) is 0. The molecule has 1 aliphatic heterocycles. The molecule has 1 aromatic rings. The number of amides is 1. The number of terminal acetylenes is 1. The molecule has 0 aromatic heterocycles. The van der Waals surface area contributed by atoms with E-state index in [-0.39, 0.29) is 5.69 Å². The maximum atomic E-state index is 13.8. The number of ether oxygens (including phenoxy) is 1. The van der Waals surface area contributed by atoms with Crippen LogP contribution >= 0.6 is 0 Å². The third-order valence-electron chi connectivity index (χ3n) is 3.64. The maximum Gasteiger partial charge on any atom is 0.422 e. The molecule has 1 aliphatic rings. The van der Waals surface area contributed by atoms with Crippen molar-refractivity contribution in [3.8, 4) is 12.5 Å². The number of rotatable bonds is 1. The molecule has 0 saturated carbocycles. The van der Waals surface area contributed by atoms with Crippen LogP contribution in [0.3, 0.4) is 0 Å². The van der Waals surface area contributed by atoms with Crippen molar-refractivity contribution in [1.29, 1.82) is 0 Å². The summed E-state index contributed by atoms with van der Waals surface area (Å²) in [5.41, 5.74) is -3.51. The van der Waals surface area contributed by atoms with E-state index in [0.717, 1.165) is 12.1 Å². The van der Waals surface area contributed by atoms with Gasteiger partial charge in [-0.05, 0) is 24.1 Å². The van der Waals surface area contributed by atoms with Crippen LogP contribution in [0, 0.1) is 24.2 Å². The Morgan fingerprint density at radius 2 is 2.05 bits per heavy atom. The molecule has 0 saturated heterocycles. The minimum atomic E-state index is -4.85. The number of fused-ring (bicyclic) bond motifs is 1. The molecule has 0 aliphatic carbocycles. The van der Waals surface area contributed by atoms with Crippen LogP contribution in [0.25, 0.3) is 0 Å². The van der Waals surface area contributed by atoms with Gasteiger partial charge < -0.3 is 4.74 Å². The van der Waals surface area contributed by atoms with Crippen LogP contribution in [-0.4, -0.2) is 18.7 Å². The number of nitrogens with zero attached hydrogens (tertiary/aromatic N) is 1. The normalized spacial score (nSPS) is 22.3. The van der Waals surface area contributed by atoms with Gasteiger partial charge in [0, 0.05) is 11.6 Å². The highest BCUT2D eigenvalue weighted by atomic mass is 19.4. The highest BCUT2D eigenvalue weighted by Crippen LogP contribution is 2.51. The van der Waals surface area contributed by atoms with Gasteiger partial charge in [0.1, 0.15) is 12.4 Å². The summed E-state index contributed by atoms with van der Waals surface area (Å²) in [5.74, 6) is -2.79. The Labute approximate surface area is 124 Å². The predicted octanol–water partition coefficient (Wildman–Crippen LogP) is 3.19. The van der Waals surface area contributed by atoms with Gasteiger partial charge >= 0.3 is 6.18 Å². The van der Waals surface area contributed by atoms with Gasteiger partial charge in [-0.15, -0.1) is 0 Å². The fraction of sp³-hybridized carbons (Fsp3) is 0.400. The van der Waals surface area contributed by atoms with Crippen molar-refractivity contribution in [2.45, 2.75) is 25.6 Å². The topological polar surface area (TPSA) is 29.5 Å². The summed E-state index contributed by atoms with van der Waals surface area (Å²) < 4.78 is 59.8. The van der Waals surface area contributed by atoms with Crippen LogP contribution in [0.1, 0.15) is 19.4 Å². The molecule has 0 fully saturated rings. The van der Waals surface area contributed by atoms with Crippen molar-refractivity contribution in [2.75, 3.05) is 11.5 Å². The Bertz CT molecular complexity index is 648. The summed E-state index contributed by atoms with van der Waals surface area (Å²) in [7, 11) is 0. The summed E-state index contributed by atoms with van der Waals surface area (Å²) >= 11 is 0. The first-order chi connectivity index (χ1) is 10.1. The molecule has 0 radical (unpaired) electrons. The van der Waals surface area contributed by atoms with Crippen LogP contribution in [0.15, 0.2) is 18.2 Å². The van der Waals surface area contributed by atoms with Gasteiger partial charge in [0.15, 0.2) is 5.60 Å². The first kappa shape index (κ1) is 16.3. The van der Waals surface area contributed by atoms with Gasteiger partial charge in [-0.2, -0.15) is 13.2 Å². The van der Waals surface area contributed by atoms with E-state index < -0.39 is 41.6 Å². The second-order valence-corrected chi connectivity index (χ2v) is 5.20. The second-order valence-electron chi connectivity index (χ2n) is 5.20. The molecule has 1 heterocycles. The van der Waals surface area contributed by atoms with E-state index in [9.17, 15) is 22.4 Å². The summed E-state index contributed by atoms with van der Waals surface area (Å²) in [6, 6.07) is 4.73. The standard InChI is InChI=1S/C15H13F4NO2/c1-4-20-12-6-5-10(16)7-11(12)14(9(2)3,15(17,18)19)22-8-13(20)21/h1,5-7,9H,8H2,2-3H3. The quantitative estimate of drug-likeness (QED) is 0.588. The van der Waals surface area contributed by atoms with Crippen LogP contribution < -0.4 is 4.90 Å². The maximum absolute atomic E-state index is 13.8. The Kier molecular flexibility index (Phi) is 3.92. The SMILES string of the molecule is C#CN1C(=O)COC(C(C)C)(C(F)(F)F)c2cc(F)ccc21. The van der Waals surface area contributed by atoms with E-state index in [1.807, 2.05) is 6.04 Å². The highest BCUT2D eigenvalue weighted by Gasteiger charge is 2.62. The van der Waals surface area contributed by atoms with Crippen LogP contribution in [0.2, 0.25) is 0 Å². The van der Waals surface area contributed by atoms with Gasteiger partial charge in [0.2, 0.25) is 0 Å². The molecule has 118 valence electrons. The molecule has 1 aromatic carbocycles. The Morgan fingerprint density at radius 3 is 2.55 bits per heavy atom. The molecular formula is C15H13F4NO2. The molecule has 22 heavy (non-hydrogen) atoms. The van der Waals surface area contributed by atoms with Crippen LogP contribution in [0.4, 0.5) is 23.2 Å². The molecular weight excluding hydrogens is 302 g/mol. The van der Waals surface area contributed by atoms with E-state index in [0.29, 0.717) is 11.0 Å².